The first-order valence-electron chi connectivity index (χ1n) is 10.7. The van der Waals surface area contributed by atoms with Crippen LogP contribution in [0.1, 0.15) is 73.1 Å². The Kier molecular flexibility index (Phi) is 5.68. The van der Waals surface area contributed by atoms with Crippen LogP contribution in [-0.4, -0.2) is 46.8 Å². The molecular weight excluding hydrogens is 368 g/mol. The maximum atomic E-state index is 12.7. The Morgan fingerprint density at radius 3 is 2.55 bits per heavy atom. The van der Waals surface area contributed by atoms with E-state index in [9.17, 15) is 9.59 Å². The Labute approximate surface area is 174 Å². The number of ether oxygens (including phenoxy) is 1. The summed E-state index contributed by atoms with van der Waals surface area (Å²) in [7, 11) is 0. The third kappa shape index (κ3) is 4.57. The fraction of sp³-hybridized carbons (Fsp3) is 0.818. The summed E-state index contributed by atoms with van der Waals surface area (Å²) < 4.78 is 5.62. The molecule has 1 aliphatic carbocycles. The molecule has 2 aliphatic heterocycles. The number of terminal acetylenes is 1. The zero-order chi connectivity index (χ0) is 21.4. The Balaban J connectivity index is 1.56. The van der Waals surface area contributed by atoms with Gasteiger partial charge in [0.05, 0.1) is 0 Å². The number of hydrogen-bond acceptors (Lipinski definition) is 5. The molecule has 160 valence electrons. The summed E-state index contributed by atoms with van der Waals surface area (Å²) in [5, 5.41) is 11.4. The minimum Gasteiger partial charge on any atom is -0.444 e. The third-order valence-corrected chi connectivity index (χ3v) is 6.42. The largest absolute Gasteiger partial charge is 0.444 e. The first kappa shape index (κ1) is 21.6. The molecule has 0 radical (unpaired) electrons. The van der Waals surface area contributed by atoms with Gasteiger partial charge in [0, 0.05) is 55.6 Å². The molecule has 2 heterocycles. The molecule has 29 heavy (non-hydrogen) atoms. The second-order valence-corrected chi connectivity index (χ2v) is 10.2. The number of likely N-dealkylation sites (tertiary alicyclic amines) is 1. The summed E-state index contributed by atoms with van der Waals surface area (Å²) in [6.45, 7) is 10.6. The number of fused-ring (bicyclic) bond motifs is 1. The molecule has 0 bridgehead atoms. The Morgan fingerprint density at radius 2 is 1.97 bits per heavy atom. The lowest BCUT2D eigenvalue weighted by Gasteiger charge is -2.63. The van der Waals surface area contributed by atoms with Crippen LogP contribution in [0.2, 0.25) is 0 Å². The van der Waals surface area contributed by atoms with Crippen LogP contribution >= 0.6 is 0 Å². The van der Waals surface area contributed by atoms with E-state index >= 15 is 0 Å². The van der Waals surface area contributed by atoms with Crippen molar-refractivity contribution in [2.24, 2.45) is 21.6 Å². The first-order valence-corrected chi connectivity index (χ1v) is 10.7. The van der Waals surface area contributed by atoms with Gasteiger partial charge >= 0.3 is 6.09 Å². The van der Waals surface area contributed by atoms with Crippen LogP contribution < -0.4 is 5.32 Å². The summed E-state index contributed by atoms with van der Waals surface area (Å²) in [6, 6.07) is 0.145. The van der Waals surface area contributed by atoms with Gasteiger partial charge < -0.3 is 15.0 Å². The van der Waals surface area contributed by atoms with E-state index in [4.69, 9.17) is 11.2 Å². The number of carbonyl (C=O) groups excluding carboxylic acids is 2. The lowest BCUT2D eigenvalue weighted by molar-refractivity contribution is -0.140. The molecule has 0 aromatic heterocycles. The SMILES string of the molecule is C#CCCC1(CCC(=O)NC2C3CCCN(C(=O)OC(C)(C)C)C3C2(C)C)N=N1. The van der Waals surface area contributed by atoms with Gasteiger partial charge in [-0.3, -0.25) is 4.79 Å². The van der Waals surface area contributed by atoms with Crippen molar-refractivity contribution in [3.05, 3.63) is 0 Å². The number of hydrogen-bond donors (Lipinski definition) is 1. The van der Waals surface area contributed by atoms with Crippen LogP contribution in [0.3, 0.4) is 0 Å². The Morgan fingerprint density at radius 1 is 1.28 bits per heavy atom. The number of rotatable bonds is 6. The number of amides is 2. The molecule has 0 aromatic rings. The highest BCUT2D eigenvalue weighted by molar-refractivity contribution is 5.77. The van der Waals surface area contributed by atoms with Crippen LogP contribution in [0.25, 0.3) is 0 Å². The van der Waals surface area contributed by atoms with E-state index in [1.807, 2.05) is 25.7 Å². The van der Waals surface area contributed by atoms with Gasteiger partial charge in [0.1, 0.15) is 5.60 Å². The minimum atomic E-state index is -0.514. The van der Waals surface area contributed by atoms with Crippen molar-refractivity contribution < 1.29 is 14.3 Å². The van der Waals surface area contributed by atoms with Crippen molar-refractivity contribution in [3.63, 3.8) is 0 Å². The quantitative estimate of drug-likeness (QED) is 0.684. The molecule has 3 aliphatic rings. The predicted octanol–water partition coefficient (Wildman–Crippen LogP) is 3.88. The van der Waals surface area contributed by atoms with Gasteiger partial charge in [-0.05, 0) is 33.6 Å². The fourth-order valence-corrected chi connectivity index (χ4v) is 4.99. The van der Waals surface area contributed by atoms with Crippen molar-refractivity contribution in [2.45, 2.75) is 96.5 Å². The Bertz CT molecular complexity index is 725. The second-order valence-electron chi connectivity index (χ2n) is 10.2. The van der Waals surface area contributed by atoms with E-state index in [1.165, 1.54) is 0 Å². The van der Waals surface area contributed by atoms with Crippen LogP contribution in [-0.2, 0) is 9.53 Å². The van der Waals surface area contributed by atoms with Crippen LogP contribution in [0.15, 0.2) is 10.2 Å². The fourth-order valence-electron chi connectivity index (χ4n) is 4.99. The monoisotopic (exact) mass is 402 g/mol. The van der Waals surface area contributed by atoms with E-state index in [1.54, 1.807) is 0 Å². The number of nitrogens with zero attached hydrogens (tertiary/aromatic N) is 3. The van der Waals surface area contributed by atoms with E-state index in [0.29, 0.717) is 32.2 Å². The minimum absolute atomic E-state index is 0.0216. The molecule has 2 amide bonds. The summed E-state index contributed by atoms with van der Waals surface area (Å²) >= 11 is 0. The second kappa shape index (κ2) is 7.62. The van der Waals surface area contributed by atoms with Crippen LogP contribution in [0, 0.1) is 23.7 Å². The molecule has 3 unspecified atom stereocenters. The van der Waals surface area contributed by atoms with Crippen LogP contribution in [0.4, 0.5) is 4.79 Å². The first-order chi connectivity index (χ1) is 13.5. The lowest BCUT2D eigenvalue weighted by atomic mass is 9.52. The molecule has 3 atom stereocenters. The van der Waals surface area contributed by atoms with Gasteiger partial charge in [0.2, 0.25) is 5.91 Å². The van der Waals surface area contributed by atoms with Crippen molar-refractivity contribution >= 4 is 12.0 Å². The van der Waals surface area contributed by atoms with Crippen molar-refractivity contribution in [3.8, 4) is 12.3 Å². The molecule has 3 rings (SSSR count). The van der Waals surface area contributed by atoms with E-state index in [2.05, 4.69) is 35.3 Å². The molecular formula is C22H34N4O3. The number of carbonyl (C=O) groups is 2. The van der Waals surface area contributed by atoms with Gasteiger partial charge in [-0.1, -0.05) is 13.8 Å². The highest BCUT2D eigenvalue weighted by Crippen LogP contribution is 2.52. The maximum absolute atomic E-state index is 12.7. The Hall–Kier alpha value is -2.10. The summed E-state index contributed by atoms with van der Waals surface area (Å²) in [4.78, 5) is 27.2. The van der Waals surface area contributed by atoms with Crippen molar-refractivity contribution in [2.75, 3.05) is 6.54 Å². The van der Waals surface area contributed by atoms with Gasteiger partial charge in [-0.2, -0.15) is 10.2 Å². The third-order valence-electron chi connectivity index (χ3n) is 6.42. The molecule has 2 fully saturated rings. The highest BCUT2D eigenvalue weighted by atomic mass is 16.6. The molecule has 0 aromatic carbocycles. The topological polar surface area (TPSA) is 83.4 Å². The molecule has 7 heteroatoms. The van der Waals surface area contributed by atoms with Gasteiger partial charge in [-0.15, -0.1) is 12.3 Å². The smallest absolute Gasteiger partial charge is 0.410 e. The van der Waals surface area contributed by atoms with Gasteiger partial charge in [0.25, 0.3) is 0 Å². The molecule has 1 N–H and O–H groups in total. The zero-order valence-electron chi connectivity index (χ0n) is 18.3. The lowest BCUT2D eigenvalue weighted by Crippen LogP contribution is -2.75. The molecule has 1 saturated heterocycles. The predicted molar refractivity (Wildman–Crippen MR) is 110 cm³/mol. The summed E-state index contributed by atoms with van der Waals surface area (Å²) in [6.07, 6.45) is 9.32. The maximum Gasteiger partial charge on any atom is 0.410 e. The average molecular weight is 403 g/mol. The van der Waals surface area contributed by atoms with E-state index in [-0.39, 0.29) is 35.4 Å². The summed E-state index contributed by atoms with van der Waals surface area (Å²) in [5.41, 5.74) is -1.15. The molecule has 7 nitrogen and oxygen atoms in total. The van der Waals surface area contributed by atoms with Gasteiger partial charge in [-0.25, -0.2) is 4.79 Å². The standard InChI is InChI=1S/C22H34N4O3/c1-7-8-12-22(24-25-22)13-11-16(27)23-17-15-10-9-14-26(18(15)21(17,5)6)19(28)29-20(2,3)4/h1,15,17-18H,8-14H2,2-6H3,(H,23,27). The van der Waals surface area contributed by atoms with Gasteiger partial charge in [0.15, 0.2) is 5.66 Å². The molecule has 0 spiro atoms. The van der Waals surface area contributed by atoms with Crippen LogP contribution in [0.5, 0.6) is 0 Å². The zero-order valence-corrected chi connectivity index (χ0v) is 18.3. The summed E-state index contributed by atoms with van der Waals surface area (Å²) in [5.74, 6) is 2.89. The molecule has 1 saturated carbocycles. The number of piperidine rings is 1. The van der Waals surface area contributed by atoms with Crippen molar-refractivity contribution in [1.29, 1.82) is 0 Å². The highest BCUT2D eigenvalue weighted by Gasteiger charge is 2.61. The average Bonchev–Trinajstić information content (AvgIpc) is 3.41. The van der Waals surface area contributed by atoms with Crippen molar-refractivity contribution in [1.82, 2.24) is 10.2 Å². The van der Waals surface area contributed by atoms with E-state index < -0.39 is 11.3 Å². The van der Waals surface area contributed by atoms with E-state index in [0.717, 1.165) is 12.8 Å². The number of nitrogens with one attached hydrogen (secondary N) is 1. The normalized spacial score (nSPS) is 28.6.